The molecule has 0 aromatic carbocycles. The van der Waals surface area contributed by atoms with E-state index in [0.717, 1.165) is 44.9 Å². The summed E-state index contributed by atoms with van der Waals surface area (Å²) in [7, 11) is -3.77. The maximum absolute atomic E-state index is 10.5. The highest BCUT2D eigenvalue weighted by atomic mass is 32.2. The molecule has 24 heavy (non-hydrogen) atoms. The van der Waals surface area contributed by atoms with Crippen molar-refractivity contribution in [2.45, 2.75) is 103 Å². The molecule has 0 bridgehead atoms. The first kappa shape index (κ1) is 23.6. The van der Waals surface area contributed by atoms with E-state index in [1.807, 2.05) is 6.08 Å². The Kier molecular flexibility index (Phi) is 15.8. The molecule has 0 heterocycles. The van der Waals surface area contributed by atoms with E-state index in [-0.39, 0.29) is 11.9 Å². The molecule has 0 amide bonds. The number of unbranched alkanes of at least 4 members (excludes halogenated alkanes) is 11. The Balaban J connectivity index is 3.21. The summed E-state index contributed by atoms with van der Waals surface area (Å²) in [6, 6.07) is 0. The Hall–Kier alpha value is -0.390. The maximum atomic E-state index is 10.5. The third-order valence-electron chi connectivity index (χ3n) is 4.23. The smallest absolute Gasteiger partial charge is 0.264 e. The van der Waals surface area contributed by atoms with Crippen LogP contribution in [-0.4, -0.2) is 29.9 Å². The minimum Gasteiger partial charge on any atom is -0.389 e. The largest absolute Gasteiger partial charge is 0.389 e. The molecular formula is C19H38O4S. The van der Waals surface area contributed by atoms with Crippen LogP contribution in [-0.2, 0) is 10.1 Å². The highest BCUT2D eigenvalue weighted by molar-refractivity contribution is 7.85. The maximum Gasteiger partial charge on any atom is 0.264 e. The topological polar surface area (TPSA) is 74.6 Å². The number of hydrogen-bond donors (Lipinski definition) is 2. The van der Waals surface area contributed by atoms with Gasteiger partial charge < -0.3 is 5.11 Å². The van der Waals surface area contributed by atoms with Crippen molar-refractivity contribution < 1.29 is 18.1 Å². The molecule has 144 valence electrons. The second-order valence-electron chi connectivity index (χ2n) is 6.75. The predicted molar refractivity (Wildman–Crippen MR) is 102 cm³/mol. The van der Waals surface area contributed by atoms with Gasteiger partial charge in [0.1, 0.15) is 0 Å². The normalized spacial score (nSPS) is 13.6. The quantitative estimate of drug-likeness (QED) is 0.210. The Morgan fingerprint density at radius 3 is 1.83 bits per heavy atom. The number of allylic oxidation sites excluding steroid dienone is 1. The molecule has 2 N–H and O–H groups in total. The van der Waals surface area contributed by atoms with Gasteiger partial charge in [-0.15, -0.1) is 0 Å². The van der Waals surface area contributed by atoms with Crippen LogP contribution in [0.3, 0.4) is 0 Å². The third-order valence-corrected chi connectivity index (χ3v) is 5.04. The van der Waals surface area contributed by atoms with Gasteiger partial charge in [-0.05, 0) is 25.7 Å². The second-order valence-corrected chi connectivity index (χ2v) is 8.32. The van der Waals surface area contributed by atoms with Crippen LogP contribution >= 0.6 is 0 Å². The molecule has 0 saturated heterocycles. The van der Waals surface area contributed by atoms with Gasteiger partial charge in [0.15, 0.2) is 0 Å². The Labute approximate surface area is 149 Å². The van der Waals surface area contributed by atoms with Crippen molar-refractivity contribution >= 4 is 10.1 Å². The summed E-state index contributed by atoms with van der Waals surface area (Å²) in [6.07, 6.45) is 19.1. The highest BCUT2D eigenvalue weighted by Crippen LogP contribution is 2.12. The Morgan fingerprint density at radius 1 is 0.833 bits per heavy atom. The summed E-state index contributed by atoms with van der Waals surface area (Å²) >= 11 is 0. The molecule has 0 radical (unpaired) electrons. The number of rotatable bonds is 17. The molecule has 0 unspecified atom stereocenters. The van der Waals surface area contributed by atoms with Crippen molar-refractivity contribution in [3.05, 3.63) is 12.2 Å². The molecule has 0 fully saturated rings. The zero-order valence-corrected chi connectivity index (χ0v) is 16.3. The van der Waals surface area contributed by atoms with E-state index >= 15 is 0 Å². The van der Waals surface area contributed by atoms with Gasteiger partial charge in [-0.3, -0.25) is 4.55 Å². The number of aliphatic hydroxyl groups is 1. The predicted octanol–water partition coefficient (Wildman–Crippen LogP) is 5.27. The van der Waals surface area contributed by atoms with E-state index in [0.29, 0.717) is 6.42 Å². The number of hydrogen-bond acceptors (Lipinski definition) is 3. The molecule has 5 heteroatoms. The van der Waals surface area contributed by atoms with Gasteiger partial charge in [-0.2, -0.15) is 8.42 Å². The minimum absolute atomic E-state index is 0.100. The minimum atomic E-state index is -3.77. The fourth-order valence-corrected chi connectivity index (χ4v) is 3.29. The summed E-state index contributed by atoms with van der Waals surface area (Å²) < 4.78 is 29.7. The molecule has 0 aromatic rings. The van der Waals surface area contributed by atoms with E-state index in [1.165, 1.54) is 38.5 Å². The summed E-state index contributed by atoms with van der Waals surface area (Å²) in [5.74, 6) is -0.100. The lowest BCUT2D eigenvalue weighted by molar-refractivity contribution is 0.209. The van der Waals surface area contributed by atoms with Crippen LogP contribution in [0.5, 0.6) is 0 Å². The lowest BCUT2D eigenvalue weighted by Crippen LogP contribution is -2.03. The second kappa shape index (κ2) is 16.1. The van der Waals surface area contributed by atoms with Crippen molar-refractivity contribution in [1.29, 1.82) is 0 Å². The SMILES string of the molecule is CCCC[C@@H](O)/C=C\CCCCCCCCCCCCS(=O)(=O)O. The van der Waals surface area contributed by atoms with E-state index in [4.69, 9.17) is 4.55 Å². The lowest BCUT2D eigenvalue weighted by atomic mass is 10.1. The molecule has 0 aliphatic heterocycles. The van der Waals surface area contributed by atoms with Gasteiger partial charge in [0, 0.05) is 0 Å². The molecule has 0 saturated carbocycles. The molecule has 1 atom stereocenters. The van der Waals surface area contributed by atoms with E-state index in [9.17, 15) is 13.5 Å². The first-order chi connectivity index (χ1) is 11.5. The summed E-state index contributed by atoms with van der Waals surface area (Å²) in [6.45, 7) is 2.14. The zero-order valence-electron chi connectivity index (χ0n) is 15.5. The summed E-state index contributed by atoms with van der Waals surface area (Å²) in [5.41, 5.74) is 0. The lowest BCUT2D eigenvalue weighted by Gasteiger charge is -2.03. The van der Waals surface area contributed by atoms with Crippen LogP contribution in [0.25, 0.3) is 0 Å². The monoisotopic (exact) mass is 362 g/mol. The van der Waals surface area contributed by atoms with Crippen LogP contribution in [0.4, 0.5) is 0 Å². The van der Waals surface area contributed by atoms with E-state index in [1.54, 1.807) is 0 Å². The zero-order chi connectivity index (χ0) is 18.1. The van der Waals surface area contributed by atoms with Crippen molar-refractivity contribution in [2.75, 3.05) is 5.75 Å². The molecule has 0 aromatic heterocycles. The van der Waals surface area contributed by atoms with Crippen molar-refractivity contribution in [1.82, 2.24) is 0 Å². The molecule has 0 aliphatic carbocycles. The van der Waals surface area contributed by atoms with Crippen LogP contribution in [0.2, 0.25) is 0 Å². The van der Waals surface area contributed by atoms with Gasteiger partial charge in [0.2, 0.25) is 0 Å². The van der Waals surface area contributed by atoms with Gasteiger partial charge in [-0.1, -0.05) is 83.3 Å². The first-order valence-corrected chi connectivity index (χ1v) is 11.4. The van der Waals surface area contributed by atoms with Gasteiger partial charge in [0.25, 0.3) is 10.1 Å². The van der Waals surface area contributed by atoms with Crippen molar-refractivity contribution in [2.24, 2.45) is 0 Å². The molecule has 0 aliphatic rings. The van der Waals surface area contributed by atoms with Gasteiger partial charge in [0.05, 0.1) is 11.9 Å². The van der Waals surface area contributed by atoms with Gasteiger partial charge >= 0.3 is 0 Å². The van der Waals surface area contributed by atoms with Crippen LogP contribution in [0.1, 0.15) is 96.8 Å². The van der Waals surface area contributed by atoms with E-state index in [2.05, 4.69) is 13.0 Å². The highest BCUT2D eigenvalue weighted by Gasteiger charge is 2.02. The third kappa shape index (κ3) is 19.7. The van der Waals surface area contributed by atoms with Gasteiger partial charge in [-0.25, -0.2) is 0 Å². The Morgan fingerprint density at radius 2 is 1.33 bits per heavy atom. The molecular weight excluding hydrogens is 324 g/mol. The van der Waals surface area contributed by atoms with Crippen molar-refractivity contribution in [3.63, 3.8) is 0 Å². The molecule has 0 spiro atoms. The molecule has 4 nitrogen and oxygen atoms in total. The standard InChI is InChI=1S/C19H38O4S/c1-2-3-16-19(20)17-14-12-10-8-6-4-5-7-9-11-13-15-18-24(21,22)23/h14,17,19-20H,2-13,15-16,18H2,1H3,(H,21,22,23)/b17-14-/t19-/m1/s1. The van der Waals surface area contributed by atoms with Crippen LogP contribution in [0.15, 0.2) is 12.2 Å². The Bertz CT molecular complexity index is 390. The fraction of sp³-hybridized carbons (Fsp3) is 0.895. The molecule has 0 rings (SSSR count). The van der Waals surface area contributed by atoms with Crippen LogP contribution < -0.4 is 0 Å². The number of aliphatic hydroxyl groups excluding tert-OH is 1. The van der Waals surface area contributed by atoms with E-state index < -0.39 is 10.1 Å². The van der Waals surface area contributed by atoms with Crippen molar-refractivity contribution in [3.8, 4) is 0 Å². The first-order valence-electron chi connectivity index (χ1n) is 9.75. The average molecular weight is 363 g/mol. The van der Waals surface area contributed by atoms with Crippen LogP contribution in [0, 0.1) is 0 Å². The summed E-state index contributed by atoms with van der Waals surface area (Å²) in [4.78, 5) is 0. The average Bonchev–Trinajstić information content (AvgIpc) is 2.52. The fourth-order valence-electron chi connectivity index (χ4n) is 2.72. The summed E-state index contributed by atoms with van der Waals surface area (Å²) in [5, 5.41) is 9.67.